The predicted molar refractivity (Wildman–Crippen MR) is 99.7 cm³/mol. The van der Waals surface area contributed by atoms with Gasteiger partial charge in [0.1, 0.15) is 6.54 Å². The number of hydrogen-bond acceptors (Lipinski definition) is 4. The number of aryl methyl sites for hydroxylation is 1. The molecule has 2 aromatic carbocycles. The Morgan fingerprint density at radius 3 is 2.64 bits per heavy atom. The fraction of sp³-hybridized carbons (Fsp3) is 0.263. The molecule has 25 heavy (non-hydrogen) atoms. The third-order valence-corrected chi connectivity index (χ3v) is 3.85. The van der Waals surface area contributed by atoms with Gasteiger partial charge in [0.05, 0.1) is 17.1 Å². The number of nitrogens with one attached hydrogen (secondary N) is 2. The Bertz CT molecular complexity index is 869. The number of fused-ring (bicyclic) bond motifs is 1. The lowest BCUT2D eigenvalue weighted by molar-refractivity contribution is -0.116. The molecule has 0 aliphatic carbocycles. The van der Waals surface area contributed by atoms with E-state index in [1.165, 1.54) is 0 Å². The van der Waals surface area contributed by atoms with Crippen LogP contribution in [-0.4, -0.2) is 33.2 Å². The minimum Gasteiger partial charge on any atom is -0.392 e. The number of carbonyl (C=O) groups excluding carboxylic acids is 1. The van der Waals surface area contributed by atoms with Crippen molar-refractivity contribution in [2.45, 2.75) is 26.5 Å². The van der Waals surface area contributed by atoms with Gasteiger partial charge in [0, 0.05) is 12.2 Å². The molecule has 0 saturated heterocycles. The van der Waals surface area contributed by atoms with Crippen LogP contribution in [0.15, 0.2) is 48.5 Å². The normalized spacial score (nSPS) is 12.1. The second-order valence-electron chi connectivity index (χ2n) is 6.15. The van der Waals surface area contributed by atoms with Crippen molar-refractivity contribution in [2.24, 2.45) is 0 Å². The van der Waals surface area contributed by atoms with Gasteiger partial charge < -0.3 is 20.3 Å². The lowest BCUT2D eigenvalue weighted by Gasteiger charge is -2.12. The minimum absolute atomic E-state index is 0.132. The Labute approximate surface area is 146 Å². The van der Waals surface area contributed by atoms with Gasteiger partial charge in [-0.15, -0.1) is 0 Å². The number of rotatable bonds is 6. The van der Waals surface area contributed by atoms with Gasteiger partial charge in [-0.25, -0.2) is 4.98 Å². The molecule has 130 valence electrons. The molecule has 3 rings (SSSR count). The number of aliphatic hydroxyl groups excluding tert-OH is 1. The van der Waals surface area contributed by atoms with E-state index in [2.05, 4.69) is 15.6 Å². The summed E-state index contributed by atoms with van der Waals surface area (Å²) in [4.78, 5) is 17.0. The van der Waals surface area contributed by atoms with E-state index in [0.29, 0.717) is 12.5 Å². The predicted octanol–water partition coefficient (Wildman–Crippen LogP) is 2.78. The van der Waals surface area contributed by atoms with Crippen molar-refractivity contribution in [3.8, 4) is 0 Å². The Morgan fingerprint density at radius 1 is 1.20 bits per heavy atom. The molecule has 1 amide bonds. The maximum absolute atomic E-state index is 12.5. The summed E-state index contributed by atoms with van der Waals surface area (Å²) in [6.07, 6.45) is -0.505. The monoisotopic (exact) mass is 338 g/mol. The van der Waals surface area contributed by atoms with Gasteiger partial charge in [0.2, 0.25) is 11.9 Å². The van der Waals surface area contributed by atoms with E-state index in [1.807, 2.05) is 60.0 Å². The molecule has 0 radical (unpaired) electrons. The summed E-state index contributed by atoms with van der Waals surface area (Å²) in [6, 6.07) is 15.3. The molecule has 0 aliphatic heterocycles. The van der Waals surface area contributed by atoms with E-state index in [0.717, 1.165) is 22.3 Å². The number of carbonyl (C=O) groups is 1. The number of benzene rings is 2. The van der Waals surface area contributed by atoms with Gasteiger partial charge in [0.15, 0.2) is 0 Å². The number of anilines is 2. The van der Waals surface area contributed by atoms with Gasteiger partial charge in [-0.3, -0.25) is 4.79 Å². The van der Waals surface area contributed by atoms with Gasteiger partial charge >= 0.3 is 0 Å². The summed E-state index contributed by atoms with van der Waals surface area (Å²) < 4.78 is 1.82. The van der Waals surface area contributed by atoms with Crippen molar-refractivity contribution in [2.75, 3.05) is 17.2 Å². The quantitative estimate of drug-likeness (QED) is 0.646. The highest BCUT2D eigenvalue weighted by atomic mass is 16.3. The first kappa shape index (κ1) is 17.0. The SMILES string of the molecule is Cc1ccc(NC(=O)Cn2c(NC[C@@H](C)O)nc3ccccc32)cc1. The van der Waals surface area contributed by atoms with Crippen LogP contribution in [0.3, 0.4) is 0 Å². The number of nitrogens with zero attached hydrogens (tertiary/aromatic N) is 2. The topological polar surface area (TPSA) is 79.2 Å². The molecule has 0 saturated carbocycles. The second-order valence-corrected chi connectivity index (χ2v) is 6.15. The zero-order valence-electron chi connectivity index (χ0n) is 14.4. The maximum atomic E-state index is 12.5. The molecule has 0 spiro atoms. The summed E-state index contributed by atoms with van der Waals surface area (Å²) in [5.74, 6) is 0.438. The van der Waals surface area contributed by atoms with Gasteiger partial charge in [0.25, 0.3) is 0 Å². The Kier molecular flexibility index (Phi) is 5.00. The van der Waals surface area contributed by atoms with Gasteiger partial charge in [-0.05, 0) is 38.1 Å². The fourth-order valence-corrected chi connectivity index (χ4v) is 2.59. The van der Waals surface area contributed by atoms with Crippen molar-refractivity contribution < 1.29 is 9.90 Å². The first-order valence-electron chi connectivity index (χ1n) is 8.26. The summed E-state index contributed by atoms with van der Waals surface area (Å²) >= 11 is 0. The van der Waals surface area contributed by atoms with Crippen molar-refractivity contribution in [3.63, 3.8) is 0 Å². The van der Waals surface area contributed by atoms with E-state index >= 15 is 0 Å². The lowest BCUT2D eigenvalue weighted by atomic mass is 10.2. The summed E-state index contributed by atoms with van der Waals surface area (Å²) in [6.45, 7) is 4.20. The maximum Gasteiger partial charge on any atom is 0.244 e. The molecule has 3 N–H and O–H groups in total. The number of aromatic nitrogens is 2. The third kappa shape index (κ3) is 4.16. The molecule has 1 atom stereocenters. The highest BCUT2D eigenvalue weighted by molar-refractivity contribution is 5.92. The molecule has 0 unspecified atom stereocenters. The molecular formula is C19H22N4O2. The number of aliphatic hydroxyl groups is 1. The fourth-order valence-electron chi connectivity index (χ4n) is 2.59. The van der Waals surface area contributed by atoms with Crippen LogP contribution in [0.1, 0.15) is 12.5 Å². The molecule has 0 fully saturated rings. The van der Waals surface area contributed by atoms with Crippen LogP contribution in [0.5, 0.6) is 0 Å². The van der Waals surface area contributed by atoms with E-state index < -0.39 is 6.10 Å². The molecular weight excluding hydrogens is 316 g/mol. The minimum atomic E-state index is -0.505. The van der Waals surface area contributed by atoms with Crippen LogP contribution in [0, 0.1) is 6.92 Å². The molecule has 0 bridgehead atoms. The van der Waals surface area contributed by atoms with Crippen LogP contribution < -0.4 is 10.6 Å². The third-order valence-electron chi connectivity index (χ3n) is 3.85. The first-order valence-corrected chi connectivity index (χ1v) is 8.26. The molecule has 3 aromatic rings. The van der Waals surface area contributed by atoms with Crippen LogP contribution in [0.2, 0.25) is 0 Å². The van der Waals surface area contributed by atoms with Crippen molar-refractivity contribution in [1.29, 1.82) is 0 Å². The van der Waals surface area contributed by atoms with Crippen LogP contribution in [0.4, 0.5) is 11.6 Å². The van der Waals surface area contributed by atoms with E-state index in [4.69, 9.17) is 0 Å². The number of hydrogen-bond donors (Lipinski definition) is 3. The highest BCUT2D eigenvalue weighted by Gasteiger charge is 2.14. The number of para-hydroxylation sites is 2. The van der Waals surface area contributed by atoms with Crippen LogP contribution in [-0.2, 0) is 11.3 Å². The van der Waals surface area contributed by atoms with Crippen LogP contribution >= 0.6 is 0 Å². The van der Waals surface area contributed by atoms with Gasteiger partial charge in [-0.1, -0.05) is 29.8 Å². The summed E-state index contributed by atoms with van der Waals surface area (Å²) in [5, 5.41) is 15.5. The van der Waals surface area contributed by atoms with Gasteiger partial charge in [-0.2, -0.15) is 0 Å². The van der Waals surface area contributed by atoms with Crippen molar-refractivity contribution in [1.82, 2.24) is 9.55 Å². The Hall–Kier alpha value is -2.86. The Morgan fingerprint density at radius 2 is 1.92 bits per heavy atom. The summed E-state index contributed by atoms with van der Waals surface area (Å²) in [5.41, 5.74) is 3.58. The van der Waals surface area contributed by atoms with E-state index in [1.54, 1.807) is 6.92 Å². The van der Waals surface area contributed by atoms with Crippen molar-refractivity contribution in [3.05, 3.63) is 54.1 Å². The average molecular weight is 338 g/mol. The zero-order valence-corrected chi connectivity index (χ0v) is 14.4. The Balaban J connectivity index is 1.82. The van der Waals surface area contributed by atoms with E-state index in [9.17, 15) is 9.90 Å². The number of amides is 1. The molecule has 6 nitrogen and oxygen atoms in total. The van der Waals surface area contributed by atoms with Crippen molar-refractivity contribution >= 4 is 28.6 Å². The molecule has 0 aliphatic rings. The summed E-state index contributed by atoms with van der Waals surface area (Å²) in [7, 11) is 0. The zero-order chi connectivity index (χ0) is 17.8. The molecule has 1 aromatic heterocycles. The average Bonchev–Trinajstić information content (AvgIpc) is 2.93. The molecule has 6 heteroatoms. The van der Waals surface area contributed by atoms with Crippen LogP contribution in [0.25, 0.3) is 11.0 Å². The standard InChI is InChI=1S/C19H22N4O2/c1-13-7-9-15(10-8-13)21-18(25)12-23-17-6-4-3-5-16(17)22-19(23)20-11-14(2)24/h3-10,14,24H,11-12H2,1-2H3,(H,20,22)(H,21,25)/t14-/m1/s1. The smallest absolute Gasteiger partial charge is 0.244 e. The number of imidazole rings is 1. The largest absolute Gasteiger partial charge is 0.392 e. The first-order chi connectivity index (χ1) is 12.0. The lowest BCUT2D eigenvalue weighted by Crippen LogP contribution is -2.22. The van der Waals surface area contributed by atoms with E-state index in [-0.39, 0.29) is 12.5 Å². The molecule has 1 heterocycles. The highest BCUT2D eigenvalue weighted by Crippen LogP contribution is 2.20. The second kappa shape index (κ2) is 7.36.